The van der Waals surface area contributed by atoms with Crippen LogP contribution in [-0.2, 0) is 32.3 Å². The fourth-order valence-electron chi connectivity index (χ4n) is 11.8. The van der Waals surface area contributed by atoms with Gasteiger partial charge in [0.2, 0.25) is 23.6 Å². The predicted octanol–water partition coefficient (Wildman–Crippen LogP) is 4.18. The van der Waals surface area contributed by atoms with Gasteiger partial charge < -0.3 is 39.8 Å². The molecule has 336 valence electrons. The van der Waals surface area contributed by atoms with Gasteiger partial charge in [-0.05, 0) is 75.6 Å². The van der Waals surface area contributed by atoms with E-state index in [4.69, 9.17) is 0 Å². The largest absolute Gasteiger partial charge is 0.396 e. The van der Waals surface area contributed by atoms with E-state index in [9.17, 15) is 39.0 Å². The summed E-state index contributed by atoms with van der Waals surface area (Å²) < 4.78 is 3.42. The third-order valence-corrected chi connectivity index (χ3v) is 14.7. The molecule has 0 unspecified atom stereocenters. The maximum Gasteiger partial charge on any atom is 0.258 e. The van der Waals surface area contributed by atoms with Gasteiger partial charge in [-0.15, -0.1) is 0 Å². The van der Waals surface area contributed by atoms with Gasteiger partial charge in [-0.1, -0.05) is 62.8 Å². The first-order valence-electron chi connectivity index (χ1n) is 23.0. The summed E-state index contributed by atoms with van der Waals surface area (Å²) in [5.74, 6) is -0.926. The molecule has 14 nitrogen and oxygen atoms in total. The molecule has 6 heterocycles. The van der Waals surface area contributed by atoms with E-state index in [-0.39, 0.29) is 71.9 Å². The van der Waals surface area contributed by atoms with Crippen LogP contribution in [0.4, 0.5) is 0 Å². The van der Waals surface area contributed by atoms with Gasteiger partial charge in [0.15, 0.2) is 0 Å². The molecule has 2 aromatic heterocycles. The Bertz CT molecular complexity index is 2010. The van der Waals surface area contributed by atoms with E-state index in [0.29, 0.717) is 49.1 Å². The smallest absolute Gasteiger partial charge is 0.258 e. The Balaban J connectivity index is 0.000000186. The quantitative estimate of drug-likeness (QED) is 0.275. The number of amides is 4. The number of carbonyl (C=O) groups is 4. The fraction of sp³-hybridized carbons (Fsp3) is 0.625. The molecule has 62 heavy (non-hydrogen) atoms. The van der Waals surface area contributed by atoms with Crippen LogP contribution < -0.4 is 21.8 Å². The molecule has 14 heteroatoms. The predicted molar refractivity (Wildman–Crippen MR) is 236 cm³/mol. The summed E-state index contributed by atoms with van der Waals surface area (Å²) in [5.41, 5.74) is 2.51. The number of aliphatic hydroxyl groups excluding tert-OH is 2. The number of allylic oxidation sites excluding steroid dienone is 2. The molecule has 4 aliphatic heterocycles. The molecular weight excluding hydrogens is 789 g/mol. The van der Waals surface area contributed by atoms with Crippen LogP contribution in [0.25, 0.3) is 12.2 Å². The Kier molecular flexibility index (Phi) is 14.4. The topological polar surface area (TPSA) is 183 Å². The molecular formula is C48H66N6O8. The molecule has 2 aromatic rings. The molecule has 2 saturated heterocycles. The number of nitrogens with one attached hydrogen (secondary N) is 2. The minimum Gasteiger partial charge on any atom is -0.396 e. The van der Waals surface area contributed by atoms with E-state index in [2.05, 4.69) is 10.6 Å². The average molecular weight is 855 g/mol. The highest BCUT2D eigenvalue weighted by atomic mass is 16.3. The van der Waals surface area contributed by atoms with Crippen molar-refractivity contribution in [2.75, 3.05) is 26.3 Å². The summed E-state index contributed by atoms with van der Waals surface area (Å²) in [4.78, 5) is 80.9. The molecule has 4 fully saturated rings. The Labute approximate surface area is 364 Å². The molecule has 0 spiro atoms. The van der Waals surface area contributed by atoms with Crippen LogP contribution in [0.3, 0.4) is 0 Å². The van der Waals surface area contributed by atoms with Crippen molar-refractivity contribution in [2.45, 2.75) is 129 Å². The van der Waals surface area contributed by atoms with Crippen molar-refractivity contribution < 1.29 is 29.4 Å². The first-order valence-corrected chi connectivity index (χ1v) is 23.0. The van der Waals surface area contributed by atoms with E-state index >= 15 is 0 Å². The van der Waals surface area contributed by atoms with Crippen molar-refractivity contribution in [3.8, 4) is 0 Å². The fourth-order valence-corrected chi connectivity index (χ4v) is 11.8. The molecule has 8 atom stereocenters. The van der Waals surface area contributed by atoms with Gasteiger partial charge in [0.25, 0.3) is 11.1 Å². The number of hydrogen-bond acceptors (Lipinski definition) is 8. The summed E-state index contributed by atoms with van der Waals surface area (Å²) >= 11 is 0. The van der Waals surface area contributed by atoms with Crippen LogP contribution >= 0.6 is 0 Å². The maximum absolute atomic E-state index is 13.2. The standard InChI is InChI=1S/2C24H33N3O4/c2*1-3-7-17-10-11-20-21-18(13-26(20)24(17)31)19(14-28)22(27(21)15(2)29)23(30)25-12-16-8-5-4-6-9-16/h2*3,7,10-11,16,18-19,21-22,28H,4-6,8-9,12-14H2,1-2H3,(H,25,30)/b7-3+;7-3-/t2*18-,19-,21+,22-/m11/s1. The molecule has 4 N–H and O–H groups in total. The number of rotatable bonds is 10. The number of likely N-dealkylation sites (tertiary alicyclic amines) is 2. The second-order valence-electron chi connectivity index (χ2n) is 18.4. The lowest BCUT2D eigenvalue weighted by molar-refractivity contribution is -0.140. The molecule has 2 saturated carbocycles. The summed E-state index contributed by atoms with van der Waals surface area (Å²) in [6.45, 7) is 8.32. The zero-order valence-electron chi connectivity index (χ0n) is 36.8. The Morgan fingerprint density at radius 2 is 0.984 bits per heavy atom. The van der Waals surface area contributed by atoms with E-state index in [1.165, 1.54) is 52.4 Å². The number of fused-ring (bicyclic) bond motifs is 6. The molecule has 6 aliphatic rings. The third-order valence-electron chi connectivity index (χ3n) is 14.7. The number of carbonyl (C=O) groups excluding carboxylic acids is 4. The molecule has 0 aromatic carbocycles. The Morgan fingerprint density at radius 3 is 1.31 bits per heavy atom. The molecule has 0 bridgehead atoms. The van der Waals surface area contributed by atoms with Gasteiger partial charge in [0, 0.05) is 99.4 Å². The van der Waals surface area contributed by atoms with Gasteiger partial charge in [-0.25, -0.2) is 0 Å². The summed E-state index contributed by atoms with van der Waals surface area (Å²) in [7, 11) is 0. The first-order chi connectivity index (χ1) is 29.9. The van der Waals surface area contributed by atoms with Crippen LogP contribution in [0, 0.1) is 35.5 Å². The van der Waals surface area contributed by atoms with Crippen LogP contribution in [0.2, 0.25) is 0 Å². The van der Waals surface area contributed by atoms with Gasteiger partial charge >= 0.3 is 0 Å². The number of aliphatic hydroxyl groups is 2. The van der Waals surface area contributed by atoms with Crippen molar-refractivity contribution in [3.63, 3.8) is 0 Å². The lowest BCUT2D eigenvalue weighted by atomic mass is 9.87. The van der Waals surface area contributed by atoms with Crippen LogP contribution in [0.5, 0.6) is 0 Å². The molecule has 0 radical (unpaired) electrons. The van der Waals surface area contributed by atoms with Crippen LogP contribution in [0.15, 0.2) is 46.0 Å². The first kappa shape index (κ1) is 45.2. The maximum atomic E-state index is 13.2. The van der Waals surface area contributed by atoms with Crippen molar-refractivity contribution in [2.24, 2.45) is 35.5 Å². The zero-order chi connectivity index (χ0) is 44.2. The van der Waals surface area contributed by atoms with Crippen molar-refractivity contribution in [1.82, 2.24) is 29.6 Å². The second kappa shape index (κ2) is 19.7. The zero-order valence-corrected chi connectivity index (χ0v) is 36.8. The highest BCUT2D eigenvalue weighted by molar-refractivity contribution is 5.89. The van der Waals surface area contributed by atoms with E-state index in [1.54, 1.807) is 43.2 Å². The van der Waals surface area contributed by atoms with Crippen molar-refractivity contribution >= 4 is 35.8 Å². The highest BCUT2D eigenvalue weighted by Gasteiger charge is 2.58. The molecule has 4 amide bonds. The van der Waals surface area contributed by atoms with Gasteiger partial charge in [-0.3, -0.25) is 28.8 Å². The van der Waals surface area contributed by atoms with Crippen LogP contribution in [0.1, 0.15) is 127 Å². The van der Waals surface area contributed by atoms with Gasteiger partial charge in [0.1, 0.15) is 12.1 Å². The monoisotopic (exact) mass is 854 g/mol. The van der Waals surface area contributed by atoms with Crippen molar-refractivity contribution in [1.29, 1.82) is 0 Å². The lowest BCUT2D eigenvalue weighted by Gasteiger charge is -2.31. The highest BCUT2D eigenvalue weighted by Crippen LogP contribution is 2.50. The summed E-state index contributed by atoms with van der Waals surface area (Å²) in [6, 6.07) is 5.17. The molecule has 2 aliphatic carbocycles. The number of nitrogens with zero attached hydrogens (tertiary/aromatic N) is 4. The number of pyridine rings is 2. The second-order valence-corrected chi connectivity index (χ2v) is 18.4. The minimum absolute atomic E-state index is 0.0940. The minimum atomic E-state index is -0.708. The Hall–Kier alpha value is -4.82. The SMILES string of the molecule is C/C=C/c1ccc2n(c1=O)C[C@@H]1[C@@H](CO)[C@H](C(=O)NCC3CCCCC3)N(C(C)=O)[C@H]21.C/C=C\c1ccc2n(c1=O)C[C@@H]1[C@@H](CO)[C@H](C(=O)NCC3CCCCC3)N(C(C)=O)[C@H]21. The lowest BCUT2D eigenvalue weighted by Crippen LogP contribution is -2.50. The van der Waals surface area contributed by atoms with Gasteiger partial charge in [-0.2, -0.15) is 0 Å². The van der Waals surface area contributed by atoms with Crippen LogP contribution in [-0.4, -0.2) is 91.2 Å². The Morgan fingerprint density at radius 1 is 0.613 bits per heavy atom. The molecule has 8 rings (SSSR count). The van der Waals surface area contributed by atoms with E-state index in [1.807, 2.05) is 38.1 Å². The summed E-state index contributed by atoms with van der Waals surface area (Å²) in [6.07, 6.45) is 19.0. The number of hydrogen-bond donors (Lipinski definition) is 4. The normalized spacial score (nSPS) is 28.0. The average Bonchev–Trinajstić information content (AvgIpc) is 4.02. The van der Waals surface area contributed by atoms with Gasteiger partial charge in [0.05, 0.1) is 12.1 Å². The summed E-state index contributed by atoms with van der Waals surface area (Å²) in [5, 5.41) is 26.6. The third kappa shape index (κ3) is 8.61. The van der Waals surface area contributed by atoms with E-state index < -0.39 is 23.9 Å². The number of aromatic nitrogens is 2. The van der Waals surface area contributed by atoms with Crippen molar-refractivity contribution in [3.05, 3.63) is 79.6 Å². The van der Waals surface area contributed by atoms with E-state index in [0.717, 1.165) is 37.1 Å².